The Morgan fingerprint density at radius 3 is 2.45 bits per heavy atom. The molecule has 0 aromatic heterocycles. The van der Waals surface area contributed by atoms with Gasteiger partial charge >= 0.3 is 5.97 Å². The third-order valence-electron chi connectivity index (χ3n) is 4.87. The first kappa shape index (κ1) is 20.5. The van der Waals surface area contributed by atoms with Gasteiger partial charge in [0.1, 0.15) is 18.2 Å². The Morgan fingerprint density at radius 2 is 1.74 bits per heavy atom. The SMILES string of the molecule is N#Cc1cccc(S(=O)(=O)N(Cc2c(F)cccc2F)c2ccc3c(c2)C(=O)OC3)c1. The Bertz CT molecular complexity index is 1330. The molecule has 3 aromatic carbocycles. The summed E-state index contributed by atoms with van der Waals surface area (Å²) in [6, 6.07) is 14.7. The molecule has 0 unspecified atom stereocenters. The van der Waals surface area contributed by atoms with Crippen LogP contribution in [0.3, 0.4) is 0 Å². The second-order valence-corrected chi connectivity index (χ2v) is 8.63. The van der Waals surface area contributed by atoms with Gasteiger partial charge in [0.2, 0.25) is 0 Å². The smallest absolute Gasteiger partial charge is 0.338 e. The summed E-state index contributed by atoms with van der Waals surface area (Å²) < 4.78 is 61.4. The number of rotatable bonds is 5. The van der Waals surface area contributed by atoms with E-state index in [1.807, 2.05) is 6.07 Å². The third kappa shape index (κ3) is 3.73. The zero-order valence-corrected chi connectivity index (χ0v) is 16.7. The fourth-order valence-corrected chi connectivity index (χ4v) is 4.72. The second kappa shape index (κ2) is 7.81. The van der Waals surface area contributed by atoms with Gasteiger partial charge in [-0.15, -0.1) is 0 Å². The number of benzene rings is 3. The zero-order chi connectivity index (χ0) is 22.2. The molecule has 9 heteroatoms. The van der Waals surface area contributed by atoms with Crippen molar-refractivity contribution in [2.45, 2.75) is 18.0 Å². The van der Waals surface area contributed by atoms with E-state index in [1.54, 1.807) is 0 Å². The summed E-state index contributed by atoms with van der Waals surface area (Å²) in [5.41, 5.74) is 0.441. The van der Waals surface area contributed by atoms with E-state index in [4.69, 9.17) is 10.00 Å². The number of ether oxygens (including phenoxy) is 1. The number of hydrogen-bond donors (Lipinski definition) is 0. The number of carbonyl (C=O) groups excluding carboxylic acids is 1. The van der Waals surface area contributed by atoms with Crippen molar-refractivity contribution in [2.24, 2.45) is 0 Å². The van der Waals surface area contributed by atoms with Crippen molar-refractivity contribution in [3.05, 3.63) is 94.6 Å². The van der Waals surface area contributed by atoms with Crippen molar-refractivity contribution in [1.29, 1.82) is 5.26 Å². The number of halogens is 2. The number of nitrogens with zero attached hydrogens (tertiary/aromatic N) is 2. The molecule has 156 valence electrons. The summed E-state index contributed by atoms with van der Waals surface area (Å²) >= 11 is 0. The molecule has 6 nitrogen and oxygen atoms in total. The number of cyclic esters (lactones) is 1. The number of fused-ring (bicyclic) bond motifs is 1. The van der Waals surface area contributed by atoms with Gasteiger partial charge < -0.3 is 4.74 Å². The van der Waals surface area contributed by atoms with Crippen LogP contribution in [0.1, 0.15) is 27.0 Å². The molecule has 0 bridgehead atoms. The molecule has 0 amide bonds. The molecule has 1 heterocycles. The van der Waals surface area contributed by atoms with Gasteiger partial charge in [0, 0.05) is 11.1 Å². The maximum Gasteiger partial charge on any atom is 0.338 e. The molecule has 0 fully saturated rings. The maximum atomic E-state index is 14.3. The predicted octanol–water partition coefficient (Wildman–Crippen LogP) is 3.90. The van der Waals surface area contributed by atoms with Crippen LogP contribution in [0.5, 0.6) is 0 Å². The predicted molar refractivity (Wildman–Crippen MR) is 106 cm³/mol. The molecule has 31 heavy (non-hydrogen) atoms. The van der Waals surface area contributed by atoms with E-state index in [9.17, 15) is 22.0 Å². The van der Waals surface area contributed by atoms with E-state index in [0.29, 0.717) is 5.56 Å². The van der Waals surface area contributed by atoms with Gasteiger partial charge in [0.15, 0.2) is 0 Å². The fraction of sp³-hybridized carbons (Fsp3) is 0.0909. The third-order valence-corrected chi connectivity index (χ3v) is 6.64. The van der Waals surface area contributed by atoms with Crippen LogP contribution < -0.4 is 4.31 Å². The Morgan fingerprint density at radius 1 is 1.03 bits per heavy atom. The molecule has 0 aliphatic carbocycles. The van der Waals surface area contributed by atoms with Gasteiger partial charge in [-0.3, -0.25) is 4.31 Å². The molecule has 3 aromatic rings. The van der Waals surface area contributed by atoms with Crippen molar-refractivity contribution in [3.8, 4) is 6.07 Å². The van der Waals surface area contributed by atoms with Crippen molar-refractivity contribution in [2.75, 3.05) is 4.31 Å². The second-order valence-electron chi connectivity index (χ2n) is 6.77. The number of carbonyl (C=O) groups is 1. The van der Waals surface area contributed by atoms with E-state index < -0.39 is 39.7 Å². The molecule has 0 radical (unpaired) electrons. The number of anilines is 1. The monoisotopic (exact) mass is 440 g/mol. The van der Waals surface area contributed by atoms with Crippen molar-refractivity contribution < 1.29 is 26.7 Å². The lowest BCUT2D eigenvalue weighted by molar-refractivity contribution is 0.0535. The van der Waals surface area contributed by atoms with Crippen LogP contribution in [-0.2, 0) is 27.9 Å². The summed E-state index contributed by atoms with van der Waals surface area (Å²) in [4.78, 5) is 11.7. The Balaban J connectivity index is 1.88. The average Bonchev–Trinajstić information content (AvgIpc) is 3.13. The average molecular weight is 440 g/mol. The van der Waals surface area contributed by atoms with E-state index in [2.05, 4.69) is 0 Å². The highest BCUT2D eigenvalue weighted by atomic mass is 32.2. The summed E-state index contributed by atoms with van der Waals surface area (Å²) in [5.74, 6) is -2.43. The van der Waals surface area contributed by atoms with E-state index in [0.717, 1.165) is 16.4 Å². The summed E-state index contributed by atoms with van der Waals surface area (Å²) in [7, 11) is -4.36. The van der Waals surface area contributed by atoms with E-state index >= 15 is 0 Å². The van der Waals surface area contributed by atoms with Crippen molar-refractivity contribution in [1.82, 2.24) is 0 Å². The normalized spacial score (nSPS) is 12.7. The Labute approximate surface area is 177 Å². The van der Waals surface area contributed by atoms with E-state index in [-0.39, 0.29) is 28.3 Å². The number of hydrogen-bond acceptors (Lipinski definition) is 5. The van der Waals surface area contributed by atoms with Crippen LogP contribution in [0, 0.1) is 23.0 Å². The van der Waals surface area contributed by atoms with Crippen LogP contribution in [0.15, 0.2) is 65.6 Å². The molecule has 1 aliphatic heterocycles. The van der Waals surface area contributed by atoms with Gasteiger partial charge in [-0.05, 0) is 42.5 Å². The fourth-order valence-electron chi connectivity index (χ4n) is 3.25. The Kier molecular flexibility index (Phi) is 5.17. The van der Waals surface area contributed by atoms with Crippen LogP contribution in [0.25, 0.3) is 0 Å². The highest BCUT2D eigenvalue weighted by Crippen LogP contribution is 2.31. The first-order valence-electron chi connectivity index (χ1n) is 9.07. The number of nitriles is 1. The topological polar surface area (TPSA) is 87.5 Å². The first-order chi connectivity index (χ1) is 14.8. The van der Waals surface area contributed by atoms with Crippen LogP contribution in [-0.4, -0.2) is 14.4 Å². The standard InChI is InChI=1S/C22H14F2N2O4S/c23-20-5-2-6-21(24)19(20)12-26(16-8-7-15-13-30-22(27)18(15)10-16)31(28,29)17-4-1-3-14(9-17)11-25/h1-10H,12-13H2. The molecular formula is C22H14F2N2O4S. The first-order valence-corrected chi connectivity index (χ1v) is 10.5. The van der Waals surface area contributed by atoms with Crippen LogP contribution in [0.2, 0.25) is 0 Å². The molecule has 4 rings (SSSR count). The van der Waals surface area contributed by atoms with Crippen molar-refractivity contribution in [3.63, 3.8) is 0 Å². The highest BCUT2D eigenvalue weighted by molar-refractivity contribution is 7.92. The Hall–Kier alpha value is -3.77. The van der Waals surface area contributed by atoms with Gasteiger partial charge in [-0.25, -0.2) is 22.0 Å². The van der Waals surface area contributed by atoms with E-state index in [1.165, 1.54) is 48.5 Å². The minimum Gasteiger partial charge on any atom is -0.457 e. The lowest BCUT2D eigenvalue weighted by Gasteiger charge is -2.25. The molecule has 0 saturated carbocycles. The number of sulfonamides is 1. The molecule has 0 N–H and O–H groups in total. The molecular weight excluding hydrogens is 426 g/mol. The zero-order valence-electron chi connectivity index (χ0n) is 15.9. The van der Waals surface area contributed by atoms with Gasteiger partial charge in [-0.2, -0.15) is 5.26 Å². The van der Waals surface area contributed by atoms with Gasteiger partial charge in [0.25, 0.3) is 10.0 Å². The summed E-state index contributed by atoms with van der Waals surface area (Å²) in [6.07, 6.45) is 0. The molecule has 0 atom stereocenters. The van der Waals surface area contributed by atoms with Crippen LogP contribution in [0.4, 0.5) is 14.5 Å². The lowest BCUT2D eigenvalue weighted by atomic mass is 10.1. The highest BCUT2D eigenvalue weighted by Gasteiger charge is 2.30. The minimum absolute atomic E-state index is 0.0302. The lowest BCUT2D eigenvalue weighted by Crippen LogP contribution is -2.31. The summed E-state index contributed by atoms with van der Waals surface area (Å²) in [6.45, 7) is -0.598. The largest absolute Gasteiger partial charge is 0.457 e. The number of esters is 1. The van der Waals surface area contributed by atoms with Gasteiger partial charge in [0.05, 0.1) is 34.3 Å². The quantitative estimate of drug-likeness (QED) is 0.562. The minimum atomic E-state index is -4.36. The summed E-state index contributed by atoms with van der Waals surface area (Å²) in [5, 5.41) is 9.12. The molecule has 1 aliphatic rings. The molecule has 0 saturated heterocycles. The van der Waals surface area contributed by atoms with Gasteiger partial charge in [-0.1, -0.05) is 18.2 Å². The van der Waals surface area contributed by atoms with Crippen LogP contribution >= 0.6 is 0 Å². The molecule has 0 spiro atoms. The maximum absolute atomic E-state index is 14.3. The van der Waals surface area contributed by atoms with Crippen molar-refractivity contribution >= 4 is 21.7 Å².